The number of aromatic hydroxyl groups is 1. The van der Waals surface area contributed by atoms with Gasteiger partial charge in [-0.05, 0) is 26.0 Å². The maximum absolute atomic E-state index is 12.8. The molecule has 10 heteroatoms. The van der Waals surface area contributed by atoms with E-state index in [4.69, 9.17) is 23.2 Å². The van der Waals surface area contributed by atoms with E-state index in [1.165, 1.54) is 0 Å². The highest BCUT2D eigenvalue weighted by molar-refractivity contribution is 6.33. The van der Waals surface area contributed by atoms with Crippen LogP contribution in [-0.4, -0.2) is 61.4 Å². The Labute approximate surface area is 184 Å². The second-order valence-electron chi connectivity index (χ2n) is 7.31. The zero-order valence-corrected chi connectivity index (χ0v) is 18.2. The van der Waals surface area contributed by atoms with Crippen molar-refractivity contribution < 1.29 is 9.90 Å². The first-order chi connectivity index (χ1) is 14.3. The highest BCUT2D eigenvalue weighted by Gasteiger charge is 2.24. The van der Waals surface area contributed by atoms with Crippen LogP contribution in [0.25, 0.3) is 5.82 Å². The standard InChI is InChI=1S/C20H22Cl2N6O2/c1-13-10-27(12-23-13)20-19(22)14(2)28(24-20)11-18(30)26-7-5-25(6-8-26)15-3-4-16(21)17(29)9-15/h3-4,9-10,12,29H,5-8,11H2,1-2H3. The number of aromatic nitrogens is 4. The van der Waals surface area contributed by atoms with Crippen molar-refractivity contribution in [1.29, 1.82) is 0 Å². The first kappa shape index (κ1) is 20.6. The number of aryl methyl sites for hydroxylation is 1. The Morgan fingerprint density at radius 1 is 1.17 bits per heavy atom. The lowest BCUT2D eigenvalue weighted by atomic mass is 10.2. The molecule has 1 aliphatic rings. The van der Waals surface area contributed by atoms with Crippen molar-refractivity contribution in [1.82, 2.24) is 24.2 Å². The third-order valence-corrected chi connectivity index (χ3v) is 6.05. The Hall–Kier alpha value is -2.71. The Morgan fingerprint density at radius 2 is 1.90 bits per heavy atom. The number of phenolic OH excluding ortho intramolecular Hbond substituents is 1. The second-order valence-corrected chi connectivity index (χ2v) is 8.09. The van der Waals surface area contributed by atoms with Crippen LogP contribution >= 0.6 is 23.2 Å². The Morgan fingerprint density at radius 3 is 2.53 bits per heavy atom. The molecule has 1 aromatic carbocycles. The van der Waals surface area contributed by atoms with Crippen LogP contribution in [0.5, 0.6) is 5.75 Å². The van der Waals surface area contributed by atoms with Crippen LogP contribution in [0, 0.1) is 13.8 Å². The number of piperazine rings is 1. The SMILES string of the molecule is Cc1cn(-c2nn(CC(=O)N3CCN(c4ccc(Cl)c(O)c4)CC3)c(C)c2Cl)cn1. The van der Waals surface area contributed by atoms with E-state index in [1.807, 2.05) is 31.0 Å². The van der Waals surface area contributed by atoms with E-state index in [-0.39, 0.29) is 18.2 Å². The van der Waals surface area contributed by atoms with E-state index >= 15 is 0 Å². The molecule has 4 rings (SSSR count). The number of carbonyl (C=O) groups excluding carboxylic acids is 1. The minimum atomic E-state index is -0.00997. The van der Waals surface area contributed by atoms with Crippen LogP contribution in [-0.2, 0) is 11.3 Å². The molecule has 8 nitrogen and oxygen atoms in total. The number of phenols is 1. The van der Waals surface area contributed by atoms with Crippen molar-refractivity contribution in [3.8, 4) is 11.6 Å². The van der Waals surface area contributed by atoms with Crippen LogP contribution in [0.2, 0.25) is 10.0 Å². The first-order valence-electron chi connectivity index (χ1n) is 9.58. The lowest BCUT2D eigenvalue weighted by Crippen LogP contribution is -2.49. The van der Waals surface area contributed by atoms with E-state index in [9.17, 15) is 9.90 Å². The van der Waals surface area contributed by atoms with Gasteiger partial charge in [0.25, 0.3) is 0 Å². The topological polar surface area (TPSA) is 79.4 Å². The molecule has 0 bridgehead atoms. The van der Waals surface area contributed by atoms with Crippen molar-refractivity contribution in [3.63, 3.8) is 0 Å². The number of nitrogens with zero attached hydrogens (tertiary/aromatic N) is 6. The number of hydrogen-bond donors (Lipinski definition) is 1. The Bertz CT molecular complexity index is 1090. The van der Waals surface area contributed by atoms with Crippen molar-refractivity contribution in [2.45, 2.75) is 20.4 Å². The van der Waals surface area contributed by atoms with Crippen molar-refractivity contribution >= 4 is 34.8 Å². The molecule has 1 fully saturated rings. The third-order valence-electron chi connectivity index (χ3n) is 5.29. The summed E-state index contributed by atoms with van der Waals surface area (Å²) in [5.41, 5.74) is 2.49. The molecule has 0 spiro atoms. The van der Waals surface area contributed by atoms with E-state index in [1.54, 1.807) is 27.7 Å². The average molecular weight is 449 g/mol. The molecule has 0 unspecified atom stereocenters. The summed E-state index contributed by atoms with van der Waals surface area (Å²) in [6, 6.07) is 5.19. The number of benzene rings is 1. The number of halogens is 2. The summed E-state index contributed by atoms with van der Waals surface area (Å²) in [4.78, 5) is 21.0. The fourth-order valence-electron chi connectivity index (χ4n) is 3.50. The molecule has 0 saturated carbocycles. The fraction of sp³-hybridized carbons (Fsp3) is 0.350. The summed E-state index contributed by atoms with van der Waals surface area (Å²) in [6.45, 7) is 6.38. The largest absolute Gasteiger partial charge is 0.506 e. The number of hydrogen-bond acceptors (Lipinski definition) is 5. The number of anilines is 1. The zero-order valence-electron chi connectivity index (χ0n) is 16.7. The quantitative estimate of drug-likeness (QED) is 0.663. The highest BCUT2D eigenvalue weighted by atomic mass is 35.5. The summed E-state index contributed by atoms with van der Waals surface area (Å²) in [7, 11) is 0. The van der Waals surface area contributed by atoms with Crippen LogP contribution in [0.4, 0.5) is 5.69 Å². The van der Waals surface area contributed by atoms with Gasteiger partial charge in [-0.15, -0.1) is 0 Å². The van der Waals surface area contributed by atoms with Gasteiger partial charge in [0.2, 0.25) is 5.91 Å². The van der Waals surface area contributed by atoms with Gasteiger partial charge >= 0.3 is 0 Å². The number of imidazole rings is 1. The highest BCUT2D eigenvalue weighted by Crippen LogP contribution is 2.29. The minimum absolute atomic E-state index is 0.00997. The summed E-state index contributed by atoms with van der Waals surface area (Å²) in [5, 5.41) is 15.2. The molecule has 158 valence electrons. The summed E-state index contributed by atoms with van der Waals surface area (Å²) >= 11 is 12.3. The normalized spacial score (nSPS) is 14.4. The maximum atomic E-state index is 12.8. The predicted molar refractivity (Wildman–Crippen MR) is 116 cm³/mol. The van der Waals surface area contributed by atoms with E-state index < -0.39 is 0 Å². The van der Waals surface area contributed by atoms with Crippen LogP contribution in [0.1, 0.15) is 11.4 Å². The minimum Gasteiger partial charge on any atom is -0.506 e. The molecular formula is C20H22Cl2N6O2. The smallest absolute Gasteiger partial charge is 0.244 e. The lowest BCUT2D eigenvalue weighted by molar-refractivity contribution is -0.132. The fourth-order valence-corrected chi connectivity index (χ4v) is 3.85. The number of amides is 1. The second kappa shape index (κ2) is 8.20. The van der Waals surface area contributed by atoms with Crippen molar-refractivity contribution in [3.05, 3.63) is 52.2 Å². The molecule has 1 N–H and O–H groups in total. The molecule has 1 aliphatic heterocycles. The van der Waals surface area contributed by atoms with Crippen molar-refractivity contribution in [2.75, 3.05) is 31.1 Å². The van der Waals surface area contributed by atoms with Crippen LogP contribution in [0.15, 0.2) is 30.7 Å². The van der Waals surface area contributed by atoms with Gasteiger partial charge in [0, 0.05) is 44.1 Å². The molecule has 3 heterocycles. The molecule has 0 radical (unpaired) electrons. The van der Waals surface area contributed by atoms with Gasteiger partial charge in [-0.3, -0.25) is 14.0 Å². The predicted octanol–water partition coefficient (Wildman–Crippen LogP) is 3.05. The van der Waals surface area contributed by atoms with E-state index in [0.29, 0.717) is 42.0 Å². The third kappa shape index (κ3) is 3.97. The summed E-state index contributed by atoms with van der Waals surface area (Å²) < 4.78 is 3.39. The molecule has 0 aliphatic carbocycles. The summed E-state index contributed by atoms with van der Waals surface area (Å²) in [5.74, 6) is 0.613. The first-order valence-corrected chi connectivity index (χ1v) is 10.3. The monoisotopic (exact) mass is 448 g/mol. The van der Waals surface area contributed by atoms with Gasteiger partial charge in [-0.2, -0.15) is 5.10 Å². The maximum Gasteiger partial charge on any atom is 0.244 e. The molecule has 1 amide bonds. The Balaban J connectivity index is 1.41. The molecular weight excluding hydrogens is 427 g/mol. The van der Waals surface area contributed by atoms with Gasteiger partial charge in [-0.25, -0.2) is 4.98 Å². The summed E-state index contributed by atoms with van der Waals surface area (Å²) in [6.07, 6.45) is 3.50. The molecule has 1 saturated heterocycles. The molecule has 2 aromatic heterocycles. The lowest BCUT2D eigenvalue weighted by Gasteiger charge is -2.36. The van der Waals surface area contributed by atoms with Crippen molar-refractivity contribution in [2.24, 2.45) is 0 Å². The molecule has 3 aromatic rings. The molecule has 0 atom stereocenters. The van der Waals surface area contributed by atoms with Gasteiger partial charge < -0.3 is 14.9 Å². The zero-order chi connectivity index (χ0) is 21.4. The van der Waals surface area contributed by atoms with Gasteiger partial charge in [0.05, 0.1) is 16.4 Å². The molecule has 30 heavy (non-hydrogen) atoms. The van der Waals surface area contributed by atoms with Gasteiger partial charge in [0.15, 0.2) is 5.82 Å². The number of rotatable bonds is 4. The van der Waals surface area contributed by atoms with E-state index in [2.05, 4.69) is 15.0 Å². The Kier molecular flexibility index (Phi) is 5.62. The van der Waals surface area contributed by atoms with Gasteiger partial charge in [0.1, 0.15) is 23.6 Å². The van der Waals surface area contributed by atoms with Gasteiger partial charge in [-0.1, -0.05) is 23.2 Å². The number of carbonyl (C=O) groups is 1. The van der Waals surface area contributed by atoms with Crippen LogP contribution < -0.4 is 4.90 Å². The van der Waals surface area contributed by atoms with Crippen LogP contribution in [0.3, 0.4) is 0 Å². The van der Waals surface area contributed by atoms with E-state index in [0.717, 1.165) is 17.1 Å². The average Bonchev–Trinajstić information content (AvgIpc) is 3.28.